The maximum Gasteiger partial charge on any atom is 0.271 e. The molecule has 5 heteroatoms. The Balaban J connectivity index is 1.98. The molecule has 1 aromatic heterocycles. The summed E-state index contributed by atoms with van der Waals surface area (Å²) in [5, 5.41) is 2.63. The summed E-state index contributed by atoms with van der Waals surface area (Å²) in [5.41, 5.74) is 0.233. The van der Waals surface area contributed by atoms with Crippen LogP contribution in [0.1, 0.15) is 29.8 Å². The lowest BCUT2D eigenvalue weighted by Crippen LogP contribution is -2.38. The number of nitrogens with zero attached hydrogens (tertiary/aromatic N) is 2. The van der Waals surface area contributed by atoms with Gasteiger partial charge in [0.2, 0.25) is 0 Å². The zero-order chi connectivity index (χ0) is 10.7. The van der Waals surface area contributed by atoms with Crippen LogP contribution in [-0.4, -0.2) is 28.1 Å². The summed E-state index contributed by atoms with van der Waals surface area (Å²) < 4.78 is 13.2. The van der Waals surface area contributed by atoms with Gasteiger partial charge >= 0.3 is 0 Å². The van der Waals surface area contributed by atoms with Crippen LogP contribution >= 0.6 is 0 Å². The van der Waals surface area contributed by atoms with Crippen molar-refractivity contribution in [2.75, 3.05) is 0 Å². The summed E-state index contributed by atoms with van der Waals surface area (Å²) in [7, 11) is 0. The Hall–Kier alpha value is -1.52. The predicted molar refractivity (Wildman–Crippen MR) is 52.0 cm³/mol. The molecule has 1 aromatic rings. The number of halogens is 1. The number of nitrogens with one attached hydrogen (secondary N) is 1. The minimum absolute atomic E-state index is 0.233. The molecule has 0 aliphatic heterocycles. The van der Waals surface area contributed by atoms with Gasteiger partial charge in [0.25, 0.3) is 5.91 Å². The van der Waals surface area contributed by atoms with Crippen LogP contribution in [0.5, 0.6) is 0 Å². The first kappa shape index (κ1) is 10.0. The molecule has 1 fully saturated rings. The zero-order valence-corrected chi connectivity index (χ0v) is 8.19. The van der Waals surface area contributed by atoms with Crippen LogP contribution in [0.25, 0.3) is 0 Å². The number of carbonyl (C=O) groups excluding carboxylic acids is 1. The van der Waals surface area contributed by atoms with Crippen molar-refractivity contribution in [3.8, 4) is 0 Å². The second-order valence-corrected chi connectivity index (χ2v) is 3.62. The van der Waals surface area contributed by atoms with Crippen molar-refractivity contribution >= 4 is 5.91 Å². The van der Waals surface area contributed by atoms with Crippen molar-refractivity contribution < 1.29 is 9.18 Å². The van der Waals surface area contributed by atoms with E-state index in [0.717, 1.165) is 6.42 Å². The second kappa shape index (κ2) is 4.33. The molecule has 0 aromatic carbocycles. The van der Waals surface area contributed by atoms with E-state index in [-0.39, 0.29) is 17.6 Å². The summed E-state index contributed by atoms with van der Waals surface area (Å²) >= 11 is 0. The van der Waals surface area contributed by atoms with Crippen LogP contribution < -0.4 is 5.32 Å². The molecular weight excluding hydrogens is 197 g/mol. The van der Waals surface area contributed by atoms with Gasteiger partial charge in [-0.3, -0.25) is 9.78 Å². The highest BCUT2D eigenvalue weighted by Gasteiger charge is 2.28. The molecule has 0 spiro atoms. The van der Waals surface area contributed by atoms with Gasteiger partial charge < -0.3 is 5.32 Å². The molecular formula is C10H12FN3O. The highest BCUT2D eigenvalue weighted by atomic mass is 19.1. The van der Waals surface area contributed by atoms with E-state index in [1.54, 1.807) is 0 Å². The first-order chi connectivity index (χ1) is 7.27. The summed E-state index contributed by atoms with van der Waals surface area (Å²) in [6.07, 6.45) is 5.44. The Kier molecular flexibility index (Phi) is 2.89. The normalized spacial score (nSPS) is 25.1. The van der Waals surface area contributed by atoms with Gasteiger partial charge in [-0.15, -0.1) is 0 Å². The molecule has 15 heavy (non-hydrogen) atoms. The largest absolute Gasteiger partial charge is 0.345 e. The van der Waals surface area contributed by atoms with E-state index in [1.807, 2.05) is 0 Å². The zero-order valence-electron chi connectivity index (χ0n) is 8.19. The standard InChI is InChI=1S/C10H12FN3O/c11-7-2-1-3-8(7)14-10(15)9-6-12-4-5-13-9/h4-8H,1-3H2,(H,14,15). The molecule has 1 N–H and O–H groups in total. The van der Waals surface area contributed by atoms with Gasteiger partial charge in [0.05, 0.1) is 12.2 Å². The molecule has 2 atom stereocenters. The van der Waals surface area contributed by atoms with Crippen LogP contribution in [0.15, 0.2) is 18.6 Å². The summed E-state index contributed by atoms with van der Waals surface area (Å²) in [6, 6.07) is -0.362. The van der Waals surface area contributed by atoms with Gasteiger partial charge in [-0.2, -0.15) is 0 Å². The lowest BCUT2D eigenvalue weighted by atomic mass is 10.2. The number of carbonyl (C=O) groups is 1. The lowest BCUT2D eigenvalue weighted by Gasteiger charge is -2.13. The molecule has 0 saturated heterocycles. The Morgan fingerprint density at radius 2 is 2.33 bits per heavy atom. The maximum absolute atomic E-state index is 13.2. The van der Waals surface area contributed by atoms with E-state index >= 15 is 0 Å². The minimum atomic E-state index is -0.925. The number of hydrogen-bond donors (Lipinski definition) is 1. The van der Waals surface area contributed by atoms with Crippen LogP contribution in [-0.2, 0) is 0 Å². The predicted octanol–water partition coefficient (Wildman–Crippen LogP) is 1.10. The van der Waals surface area contributed by atoms with Crippen molar-refractivity contribution in [3.63, 3.8) is 0 Å². The minimum Gasteiger partial charge on any atom is -0.345 e. The van der Waals surface area contributed by atoms with E-state index in [1.165, 1.54) is 18.6 Å². The number of alkyl halides is 1. The van der Waals surface area contributed by atoms with Crippen LogP contribution in [0, 0.1) is 0 Å². The fourth-order valence-electron chi connectivity index (χ4n) is 1.74. The van der Waals surface area contributed by atoms with Gasteiger partial charge in [0, 0.05) is 12.4 Å². The number of hydrogen-bond acceptors (Lipinski definition) is 3. The molecule has 1 saturated carbocycles. The number of amides is 1. The van der Waals surface area contributed by atoms with E-state index in [4.69, 9.17) is 0 Å². The molecule has 80 valence electrons. The third-order valence-corrected chi connectivity index (χ3v) is 2.54. The maximum atomic E-state index is 13.2. The molecule has 4 nitrogen and oxygen atoms in total. The Morgan fingerprint density at radius 3 is 2.93 bits per heavy atom. The molecule has 1 heterocycles. The monoisotopic (exact) mass is 209 g/mol. The first-order valence-corrected chi connectivity index (χ1v) is 4.98. The third-order valence-electron chi connectivity index (χ3n) is 2.54. The van der Waals surface area contributed by atoms with Crippen LogP contribution in [0.4, 0.5) is 4.39 Å². The van der Waals surface area contributed by atoms with Gasteiger partial charge in [-0.1, -0.05) is 0 Å². The second-order valence-electron chi connectivity index (χ2n) is 3.62. The highest BCUT2D eigenvalue weighted by Crippen LogP contribution is 2.21. The smallest absolute Gasteiger partial charge is 0.271 e. The number of rotatable bonds is 2. The first-order valence-electron chi connectivity index (χ1n) is 4.98. The van der Waals surface area contributed by atoms with Crippen molar-refractivity contribution in [2.24, 2.45) is 0 Å². The van der Waals surface area contributed by atoms with Gasteiger partial charge in [-0.05, 0) is 19.3 Å². The fraction of sp³-hybridized carbons (Fsp3) is 0.500. The van der Waals surface area contributed by atoms with E-state index in [9.17, 15) is 9.18 Å². The van der Waals surface area contributed by atoms with Crippen LogP contribution in [0.3, 0.4) is 0 Å². The quantitative estimate of drug-likeness (QED) is 0.793. The third kappa shape index (κ3) is 2.29. The lowest BCUT2D eigenvalue weighted by molar-refractivity contribution is 0.0913. The molecule has 0 bridgehead atoms. The highest BCUT2D eigenvalue weighted by molar-refractivity contribution is 5.92. The van der Waals surface area contributed by atoms with Crippen molar-refractivity contribution in [3.05, 3.63) is 24.3 Å². The van der Waals surface area contributed by atoms with Gasteiger partial charge in [-0.25, -0.2) is 9.37 Å². The summed E-state index contributed by atoms with van der Waals surface area (Å²) in [5.74, 6) is -0.349. The molecule has 2 rings (SSSR count). The molecule has 0 radical (unpaired) electrons. The average Bonchev–Trinajstić information content (AvgIpc) is 2.66. The summed E-state index contributed by atoms with van der Waals surface area (Å²) in [6.45, 7) is 0. The Morgan fingerprint density at radius 1 is 1.47 bits per heavy atom. The van der Waals surface area contributed by atoms with Crippen molar-refractivity contribution in [1.29, 1.82) is 0 Å². The number of aromatic nitrogens is 2. The molecule has 1 amide bonds. The average molecular weight is 209 g/mol. The van der Waals surface area contributed by atoms with E-state index < -0.39 is 6.17 Å². The fourth-order valence-corrected chi connectivity index (χ4v) is 1.74. The van der Waals surface area contributed by atoms with Gasteiger partial charge in [0.1, 0.15) is 11.9 Å². The van der Waals surface area contributed by atoms with Crippen molar-refractivity contribution in [1.82, 2.24) is 15.3 Å². The van der Waals surface area contributed by atoms with Crippen molar-refractivity contribution in [2.45, 2.75) is 31.5 Å². The van der Waals surface area contributed by atoms with Crippen LogP contribution in [0.2, 0.25) is 0 Å². The topological polar surface area (TPSA) is 54.9 Å². The van der Waals surface area contributed by atoms with E-state index in [2.05, 4.69) is 15.3 Å². The Bertz CT molecular complexity index is 344. The summed E-state index contributed by atoms with van der Waals surface area (Å²) in [4.78, 5) is 19.2. The Labute approximate surface area is 86.9 Å². The van der Waals surface area contributed by atoms with E-state index in [0.29, 0.717) is 12.8 Å². The molecule has 2 unspecified atom stereocenters. The SMILES string of the molecule is O=C(NC1CCCC1F)c1cnccn1. The molecule has 1 aliphatic rings. The van der Waals surface area contributed by atoms with Gasteiger partial charge in [0.15, 0.2) is 0 Å². The molecule has 1 aliphatic carbocycles.